The number of benzene rings is 1. The summed E-state index contributed by atoms with van der Waals surface area (Å²) in [7, 11) is 0. The van der Waals surface area contributed by atoms with Gasteiger partial charge in [-0.05, 0) is 18.4 Å². The van der Waals surface area contributed by atoms with Gasteiger partial charge in [-0.15, -0.1) is 0 Å². The number of rotatable bonds is 3. The highest BCUT2D eigenvalue weighted by Gasteiger charge is 1.86. The van der Waals surface area contributed by atoms with E-state index in [2.05, 4.69) is 12.1 Å². The summed E-state index contributed by atoms with van der Waals surface area (Å²) in [4.78, 5) is 0. The molecule has 0 aliphatic heterocycles. The number of hydrogen-bond acceptors (Lipinski definition) is 0. The van der Waals surface area contributed by atoms with Crippen LogP contribution in [-0.2, 0) is 6.42 Å². The number of hydrogen-bond donors (Lipinski definition) is 0. The molecule has 0 aliphatic carbocycles. The minimum Gasteiger partial charge on any atom is -0.164 e. The number of aryl methyl sites for hydroxylation is 1. The largest absolute Gasteiger partial charge is 0.164 e. The van der Waals surface area contributed by atoms with Crippen molar-refractivity contribution in [3.8, 4) is 0 Å². The predicted octanol–water partition coefficient (Wildman–Crippen LogP) is 1.49. The van der Waals surface area contributed by atoms with Crippen molar-refractivity contribution in [2.45, 2.75) is 12.8 Å². The summed E-state index contributed by atoms with van der Waals surface area (Å²) in [6.07, 6.45) is 2.87. The van der Waals surface area contributed by atoms with Gasteiger partial charge in [0.05, 0.1) is 0 Å². The van der Waals surface area contributed by atoms with Crippen molar-refractivity contribution in [3.63, 3.8) is 0 Å². The lowest BCUT2D eigenvalue weighted by Crippen LogP contribution is -1.84. The molecule has 0 unspecified atom stereocenters. The van der Waals surface area contributed by atoms with Gasteiger partial charge in [-0.1, -0.05) is 30.3 Å². The second-order valence-corrected chi connectivity index (χ2v) is 2.21. The maximum atomic E-state index is 8.40. The normalized spacial score (nSPS) is 9.20. The molecule has 0 bridgehead atoms. The molecular weight excluding hydrogens is 122 g/mol. The first kappa shape index (κ1) is 7.00. The van der Waals surface area contributed by atoms with Crippen molar-refractivity contribution in [2.24, 2.45) is 0 Å². The van der Waals surface area contributed by atoms with Gasteiger partial charge in [0.25, 0.3) is 0 Å². The second kappa shape index (κ2) is 3.83. The Morgan fingerprint density at radius 2 is 1.90 bits per heavy atom. The Kier molecular flexibility index (Phi) is 2.68. The van der Waals surface area contributed by atoms with E-state index < -0.39 is 0 Å². The summed E-state index contributed by atoms with van der Waals surface area (Å²) >= 11 is 0. The quantitative estimate of drug-likeness (QED) is 0.556. The minimum absolute atomic E-state index is 0.740. The van der Waals surface area contributed by atoms with Crippen LogP contribution in [0.1, 0.15) is 12.0 Å². The highest BCUT2D eigenvalue weighted by Crippen LogP contribution is 1.99. The van der Waals surface area contributed by atoms with Crippen LogP contribution < -0.4 is 5.41 Å². The summed E-state index contributed by atoms with van der Waals surface area (Å²) < 4.78 is 0. The third-order valence-corrected chi connectivity index (χ3v) is 1.40. The third kappa shape index (κ3) is 2.02. The lowest BCUT2D eigenvalue weighted by atomic mass is 10.1. The Morgan fingerprint density at radius 1 is 1.20 bits per heavy atom. The molecule has 51 valence electrons. The molecule has 1 radical (unpaired) electrons. The van der Waals surface area contributed by atoms with Crippen LogP contribution in [0.25, 0.3) is 0 Å². The molecular formula is C9H10N. The lowest BCUT2D eigenvalue weighted by molar-refractivity contribution is 1.06. The molecule has 10 heavy (non-hydrogen) atoms. The van der Waals surface area contributed by atoms with Crippen molar-refractivity contribution in [1.29, 1.82) is 0 Å². The molecule has 0 aliphatic rings. The SMILES string of the molecule is [N]=CCCc1ccccc1. The zero-order valence-corrected chi connectivity index (χ0v) is 5.83. The van der Waals surface area contributed by atoms with Crippen LogP contribution in [0, 0.1) is 0 Å². The molecule has 1 heteroatoms. The summed E-state index contributed by atoms with van der Waals surface area (Å²) in [5, 5.41) is 8.40. The van der Waals surface area contributed by atoms with Crippen LogP contribution in [0.5, 0.6) is 0 Å². The Hall–Kier alpha value is -1.11. The first-order valence-corrected chi connectivity index (χ1v) is 3.43. The maximum absolute atomic E-state index is 8.40. The van der Waals surface area contributed by atoms with Gasteiger partial charge in [0.2, 0.25) is 0 Å². The molecule has 1 aromatic carbocycles. The summed E-state index contributed by atoms with van der Waals surface area (Å²) in [6, 6.07) is 10.1. The highest BCUT2D eigenvalue weighted by atomic mass is 14.3. The van der Waals surface area contributed by atoms with Crippen molar-refractivity contribution >= 4 is 6.21 Å². The van der Waals surface area contributed by atoms with E-state index in [1.54, 1.807) is 0 Å². The van der Waals surface area contributed by atoms with E-state index in [4.69, 9.17) is 5.41 Å². The first-order valence-electron chi connectivity index (χ1n) is 3.43. The van der Waals surface area contributed by atoms with Gasteiger partial charge in [0.1, 0.15) is 0 Å². The van der Waals surface area contributed by atoms with Gasteiger partial charge in [-0.25, -0.2) is 0 Å². The van der Waals surface area contributed by atoms with E-state index in [0.29, 0.717) is 0 Å². The van der Waals surface area contributed by atoms with Gasteiger partial charge in [-0.3, -0.25) is 0 Å². The van der Waals surface area contributed by atoms with E-state index in [1.807, 2.05) is 18.2 Å². The molecule has 0 atom stereocenters. The van der Waals surface area contributed by atoms with E-state index in [-0.39, 0.29) is 0 Å². The van der Waals surface area contributed by atoms with E-state index in [9.17, 15) is 0 Å². The standard InChI is InChI=1S/C9H10N/c10-8-4-7-9-5-2-1-3-6-9/h1-3,5-6,8H,4,7H2. The Labute approximate surface area is 61.2 Å². The van der Waals surface area contributed by atoms with E-state index in [1.165, 1.54) is 11.8 Å². The van der Waals surface area contributed by atoms with Crippen LogP contribution in [0.2, 0.25) is 0 Å². The van der Waals surface area contributed by atoms with Gasteiger partial charge in [0.15, 0.2) is 0 Å². The second-order valence-electron chi connectivity index (χ2n) is 2.21. The highest BCUT2D eigenvalue weighted by molar-refractivity contribution is 5.54. The third-order valence-electron chi connectivity index (χ3n) is 1.40. The Morgan fingerprint density at radius 3 is 2.50 bits per heavy atom. The van der Waals surface area contributed by atoms with Gasteiger partial charge < -0.3 is 0 Å². The van der Waals surface area contributed by atoms with Crippen LogP contribution in [0.4, 0.5) is 0 Å². The molecule has 0 N–H and O–H groups in total. The summed E-state index contributed by atoms with van der Waals surface area (Å²) in [6.45, 7) is 0. The predicted molar refractivity (Wildman–Crippen MR) is 43.0 cm³/mol. The molecule has 0 spiro atoms. The van der Waals surface area contributed by atoms with Gasteiger partial charge in [-0.2, -0.15) is 5.41 Å². The molecule has 1 rings (SSSR count). The van der Waals surface area contributed by atoms with Crippen molar-refractivity contribution in [2.75, 3.05) is 0 Å². The van der Waals surface area contributed by atoms with Crippen LogP contribution in [-0.4, -0.2) is 6.21 Å². The average molecular weight is 132 g/mol. The smallest absolute Gasteiger partial charge is 0.0273 e. The number of nitrogens with zero attached hydrogens (tertiary/aromatic N) is 1. The van der Waals surface area contributed by atoms with Gasteiger partial charge in [0, 0.05) is 6.21 Å². The molecule has 0 fully saturated rings. The summed E-state index contributed by atoms with van der Waals surface area (Å²) in [5.74, 6) is 0. The maximum Gasteiger partial charge on any atom is 0.0273 e. The fourth-order valence-corrected chi connectivity index (χ4v) is 0.876. The average Bonchev–Trinajstić information content (AvgIpc) is 2.03. The van der Waals surface area contributed by atoms with Crippen molar-refractivity contribution in [3.05, 3.63) is 35.9 Å². The Bertz CT molecular complexity index is 191. The molecule has 0 aromatic heterocycles. The molecule has 1 aromatic rings. The molecule has 0 saturated carbocycles. The minimum atomic E-state index is 0.740. The van der Waals surface area contributed by atoms with Gasteiger partial charge >= 0.3 is 0 Å². The fourth-order valence-electron chi connectivity index (χ4n) is 0.876. The first-order chi connectivity index (χ1) is 4.93. The lowest BCUT2D eigenvalue weighted by Gasteiger charge is -1.93. The molecule has 0 saturated heterocycles. The van der Waals surface area contributed by atoms with Crippen LogP contribution in [0.3, 0.4) is 0 Å². The topological polar surface area (TPSA) is 22.3 Å². The van der Waals surface area contributed by atoms with Crippen LogP contribution in [0.15, 0.2) is 30.3 Å². The Balaban J connectivity index is 2.50. The zero-order valence-electron chi connectivity index (χ0n) is 5.83. The van der Waals surface area contributed by atoms with Crippen molar-refractivity contribution < 1.29 is 0 Å². The van der Waals surface area contributed by atoms with Crippen molar-refractivity contribution in [1.82, 2.24) is 5.41 Å². The molecule has 1 nitrogen and oxygen atoms in total. The molecule has 0 amide bonds. The zero-order chi connectivity index (χ0) is 7.23. The molecule has 0 heterocycles. The van der Waals surface area contributed by atoms with Crippen LogP contribution >= 0.6 is 0 Å². The van der Waals surface area contributed by atoms with E-state index >= 15 is 0 Å². The fraction of sp³-hybridized carbons (Fsp3) is 0.222. The summed E-state index contributed by atoms with van der Waals surface area (Å²) in [5.41, 5.74) is 1.27. The monoisotopic (exact) mass is 132 g/mol. The van der Waals surface area contributed by atoms with E-state index in [0.717, 1.165) is 12.8 Å².